The van der Waals surface area contributed by atoms with E-state index in [4.69, 9.17) is 42.7 Å². The van der Waals surface area contributed by atoms with Crippen LogP contribution >= 0.6 is 112 Å². The van der Waals surface area contributed by atoms with Crippen molar-refractivity contribution in [2.24, 2.45) is 5.92 Å². The molecule has 55 heavy (non-hydrogen) atoms. The van der Waals surface area contributed by atoms with E-state index in [1.165, 1.54) is 20.0 Å². The van der Waals surface area contributed by atoms with E-state index in [2.05, 4.69) is 65.4 Å². The van der Waals surface area contributed by atoms with E-state index in [1.54, 1.807) is 13.8 Å². The zero-order chi connectivity index (χ0) is 38.9. The molecule has 2 aliphatic rings. The molecule has 0 saturated carbocycles. The Bertz CT molecular complexity index is 701. The fourth-order valence-electron chi connectivity index (χ4n) is 1.19. The van der Waals surface area contributed by atoms with Gasteiger partial charge in [0.25, 0.3) is 0 Å². The van der Waals surface area contributed by atoms with E-state index in [-0.39, 0.29) is 178 Å². The second-order valence-corrected chi connectivity index (χ2v) is 16.8. The molecular formula is C27H73Br3CdCl6Mg3NO13S+. The molecule has 2 rings (SSSR count). The van der Waals surface area contributed by atoms with Crippen LogP contribution in [0.15, 0.2) is 0 Å². The van der Waals surface area contributed by atoms with Gasteiger partial charge in [0.2, 0.25) is 14.5 Å². The van der Waals surface area contributed by atoms with Gasteiger partial charge in [-0.3, -0.25) is 19.2 Å². The molecule has 2 heterocycles. The van der Waals surface area contributed by atoms with Gasteiger partial charge in [0.1, 0.15) is 5.78 Å². The number of ketones is 1. The molecule has 0 aromatic carbocycles. The van der Waals surface area contributed by atoms with Crippen molar-refractivity contribution in [2.45, 2.75) is 100 Å². The SMILES string of the molecule is Br.Br.C1CO1.CC.CCBr.CCC(C)=O.CCC(CC(=O)Cl)C(=O)OC.CCCC.CO.CO.Cl.N.O.O=C1CCC(=O)O1.O=S(Cl)Cl.[Cl][Cd][Cl].[H-].[H-].[H-].[H-].[H-].[H-].[Mg+2].[Mg+2].[Mg+2].[OH3+]. The van der Waals surface area contributed by atoms with Crippen LogP contribution < -0.4 is 6.15 Å². The van der Waals surface area contributed by atoms with Gasteiger partial charge in [-0.15, -0.1) is 46.4 Å². The van der Waals surface area contributed by atoms with Gasteiger partial charge in [0, 0.05) is 53.8 Å². The molecule has 14 nitrogen and oxygen atoms in total. The summed E-state index contributed by atoms with van der Waals surface area (Å²) in [6.07, 6.45) is 4.47. The van der Waals surface area contributed by atoms with Gasteiger partial charge in [-0.1, -0.05) is 77.2 Å². The summed E-state index contributed by atoms with van der Waals surface area (Å²) in [4.78, 5) is 51.1. The van der Waals surface area contributed by atoms with Crippen LogP contribution in [0, 0.1) is 5.92 Å². The molecule has 1 unspecified atom stereocenters. The van der Waals surface area contributed by atoms with E-state index < -0.39 is 48.2 Å². The van der Waals surface area contributed by atoms with Gasteiger partial charge < -0.3 is 54.9 Å². The van der Waals surface area contributed by atoms with Gasteiger partial charge in [-0.2, -0.15) is 0 Å². The second-order valence-electron chi connectivity index (χ2n) is 6.75. The Hall–Kier alpha value is 4.26. The van der Waals surface area contributed by atoms with Gasteiger partial charge in [0.05, 0.1) is 39.1 Å². The molecule has 10 N–H and O–H groups in total. The Labute approximate surface area is 459 Å². The van der Waals surface area contributed by atoms with Crippen molar-refractivity contribution in [3.05, 3.63) is 0 Å². The van der Waals surface area contributed by atoms with Gasteiger partial charge in [0.15, 0.2) is 0 Å². The average molecular weight is 1290 g/mol. The van der Waals surface area contributed by atoms with Crippen LogP contribution in [0.3, 0.4) is 0 Å². The first-order chi connectivity index (χ1) is 21.6. The number of carbonyl (C=O) groups is 5. The number of esters is 3. The zero-order valence-electron chi connectivity index (χ0n) is 40.2. The van der Waals surface area contributed by atoms with Gasteiger partial charge >= 0.3 is 125 Å². The quantitative estimate of drug-likeness (QED) is 0.0441. The van der Waals surface area contributed by atoms with Crippen LogP contribution in [-0.2, 0) is 74.7 Å². The summed E-state index contributed by atoms with van der Waals surface area (Å²) in [5, 5.41) is 14.6. The molecule has 0 radical (unpaired) electrons. The maximum Gasteiger partial charge on any atom is 2.00 e. The first-order valence-corrected chi connectivity index (χ1v) is 28.6. The molecule has 28 heteroatoms. The van der Waals surface area contributed by atoms with E-state index >= 15 is 0 Å². The Balaban J connectivity index is -0.0000000114. The Kier molecular flexibility index (Phi) is 266. The van der Waals surface area contributed by atoms with E-state index in [0.717, 1.165) is 32.8 Å². The minimum absolute atomic E-state index is 0. The molecular weight excluding hydrogens is 1220 g/mol. The number of hydrogen-bond acceptors (Lipinski definition) is 12. The third kappa shape index (κ3) is 215. The summed E-state index contributed by atoms with van der Waals surface area (Å²) in [6.45, 7) is 17.6. The molecule has 0 aromatic rings. The summed E-state index contributed by atoms with van der Waals surface area (Å²) < 4.78 is 22.1. The smallest absolute Gasteiger partial charge is 1.00 e. The Morgan fingerprint density at radius 3 is 1.20 bits per heavy atom. The topological polar surface area (TPSA) is 273 Å². The fourth-order valence-corrected chi connectivity index (χ4v) is 1.37. The van der Waals surface area contributed by atoms with Crippen molar-refractivity contribution >= 4 is 219 Å². The number of epoxide rings is 1. The number of halogens is 9. The van der Waals surface area contributed by atoms with E-state index in [0.29, 0.717) is 12.8 Å². The summed E-state index contributed by atoms with van der Waals surface area (Å²) in [7, 11) is 20.6. The third-order valence-corrected chi connectivity index (χ3v) is 3.55. The monoisotopic (exact) mass is 1280 g/mol. The number of rotatable bonds is 6. The summed E-state index contributed by atoms with van der Waals surface area (Å²) in [6, 6.07) is 0. The number of methoxy groups -OCH3 is 1. The predicted octanol–water partition coefficient (Wildman–Crippen LogP) is 7.59. The molecule has 0 bridgehead atoms. The normalized spacial score (nSPS) is 9.02. The third-order valence-electron chi connectivity index (χ3n) is 3.40. The largest absolute Gasteiger partial charge is 2.00 e. The summed E-state index contributed by atoms with van der Waals surface area (Å²) in [5.74, 6) is -1.30. The van der Waals surface area contributed by atoms with Crippen LogP contribution in [0.2, 0.25) is 0 Å². The number of aliphatic hydroxyl groups excluding tert-OH is 2. The van der Waals surface area contributed by atoms with Crippen molar-refractivity contribution in [1.82, 2.24) is 6.15 Å². The van der Waals surface area contributed by atoms with Crippen molar-refractivity contribution < 1.29 is 93.9 Å². The van der Waals surface area contributed by atoms with E-state index in [9.17, 15) is 24.0 Å². The van der Waals surface area contributed by atoms with Crippen LogP contribution in [0.1, 0.15) is 109 Å². The number of carbonyl (C=O) groups excluding carboxylic acids is 5. The Morgan fingerprint density at radius 1 is 0.909 bits per heavy atom. The number of alkyl halides is 1. The maximum atomic E-state index is 10.8. The van der Waals surface area contributed by atoms with Crippen LogP contribution in [0.4, 0.5) is 0 Å². The molecule has 2 aliphatic heterocycles. The number of ether oxygens (including phenoxy) is 3. The minimum Gasteiger partial charge on any atom is -1.00 e. The van der Waals surface area contributed by atoms with Gasteiger partial charge in [-0.25, -0.2) is 4.21 Å². The van der Waals surface area contributed by atoms with Crippen LogP contribution in [0.25, 0.3) is 0 Å². The first kappa shape index (κ1) is 118. The average Bonchev–Trinajstić information content (AvgIpc) is 3.88. The fraction of sp³-hybridized carbons (Fsp3) is 0.815. The molecule has 2 saturated heterocycles. The Morgan fingerprint density at radius 2 is 1.13 bits per heavy atom. The zero-order valence-corrected chi connectivity index (χ0v) is 52.9. The number of cyclic esters (lactones) is 2. The predicted molar refractivity (Wildman–Crippen MR) is 258 cm³/mol. The molecule has 2 fully saturated rings. The minimum atomic E-state index is -1.67. The molecule has 1 atom stereocenters. The maximum absolute atomic E-state index is 10.8. The van der Waals surface area contributed by atoms with Crippen molar-refractivity contribution in [2.75, 3.05) is 39.9 Å². The first-order valence-electron chi connectivity index (χ1n) is 14.0. The summed E-state index contributed by atoms with van der Waals surface area (Å²) >= 11 is 7.19. The molecule has 0 aliphatic carbocycles. The molecule has 340 valence electrons. The number of hydrogen-bond donors (Lipinski definition) is 3. The number of Topliss-reactive ketones (excluding diaryl/α,β-unsaturated/α-hetero) is 1. The van der Waals surface area contributed by atoms with Crippen molar-refractivity contribution in [3.8, 4) is 0 Å². The van der Waals surface area contributed by atoms with Gasteiger partial charge in [-0.05, 0) is 24.9 Å². The van der Waals surface area contributed by atoms with Crippen molar-refractivity contribution in [3.63, 3.8) is 0 Å². The molecule has 0 aromatic heterocycles. The standard InChI is InChI=1S/C7H11ClO3.C4H4O3.C4H8O.C4H10.C2H5Br.C2H4O.C2H6.2CH4O.2BrH.Cd.Cl2OS.3ClH.3Mg.H3N.2H2O.6H/c1-3-5(4-6(8)9)7(10)11-2;5-3-1-2-4(6)7-3;1-3-4(2)5;1-3-4-2;1-2-3;1-2-3-1;3*1-2;;;;1-4(2)3;;;;;;;;;;;;;;;/h5H,3-4H2,1-2H3;1-2H2;3H2,1-2H3;3-4H2,1-2H3;2H2,1H3;1-2H2;1-2H3;2*2H,1H3;2*1H;;;3*1H;;;;1H3;2*1H2;;;;;;/q;;;;;;;;;;;+2;;;;;3*+2;;;;6*-1/p-1. The van der Waals surface area contributed by atoms with Crippen molar-refractivity contribution in [1.29, 1.82) is 0 Å². The number of unbranched alkanes of at least 4 members (excludes halogenated alkanes) is 1. The van der Waals surface area contributed by atoms with Crippen LogP contribution in [-0.4, -0.2) is 158 Å². The molecule has 0 spiro atoms. The summed E-state index contributed by atoms with van der Waals surface area (Å²) in [5.41, 5.74) is 0. The molecule has 0 amide bonds. The van der Waals surface area contributed by atoms with Crippen LogP contribution in [0.5, 0.6) is 0 Å². The number of aliphatic hydroxyl groups is 2. The van der Waals surface area contributed by atoms with E-state index in [1.807, 2.05) is 27.7 Å². The second kappa shape index (κ2) is 124.